The summed E-state index contributed by atoms with van der Waals surface area (Å²) in [5, 5.41) is 10.6. The molecule has 0 bridgehead atoms. The first-order valence-electron chi connectivity index (χ1n) is 12.7. The van der Waals surface area contributed by atoms with E-state index in [1.165, 1.54) is 0 Å². The van der Waals surface area contributed by atoms with Crippen LogP contribution in [0, 0.1) is 12.8 Å². The third kappa shape index (κ3) is 4.64. The second-order valence-corrected chi connectivity index (χ2v) is 12.2. The Morgan fingerprint density at radius 3 is 2.66 bits per heavy atom. The van der Waals surface area contributed by atoms with Crippen LogP contribution in [0.5, 0.6) is 0 Å². The van der Waals surface area contributed by atoms with Crippen LogP contribution in [-0.2, 0) is 10.0 Å². The highest BCUT2D eigenvalue weighted by Gasteiger charge is 2.30. The number of aryl methyl sites for hydroxylation is 1. The van der Waals surface area contributed by atoms with E-state index in [9.17, 15) is 8.42 Å². The molecule has 1 aliphatic heterocycles. The summed E-state index contributed by atoms with van der Waals surface area (Å²) in [6.45, 7) is 3.59. The Balaban J connectivity index is 1.23. The predicted octanol–water partition coefficient (Wildman–Crippen LogP) is 6.02. The zero-order valence-electron chi connectivity index (χ0n) is 21.0. The van der Waals surface area contributed by atoms with Gasteiger partial charge in [0.05, 0.1) is 16.8 Å². The zero-order chi connectivity index (χ0) is 26.3. The van der Waals surface area contributed by atoms with Crippen molar-refractivity contribution in [3.8, 4) is 11.3 Å². The van der Waals surface area contributed by atoms with Gasteiger partial charge in [-0.15, -0.1) is 0 Å². The van der Waals surface area contributed by atoms with Gasteiger partial charge in [0.25, 0.3) is 0 Å². The molecule has 1 N–H and O–H groups in total. The van der Waals surface area contributed by atoms with Crippen LogP contribution in [0.1, 0.15) is 18.4 Å². The maximum Gasteiger partial charge on any atom is 0.243 e. The molecule has 1 atom stereocenters. The third-order valence-electron chi connectivity index (χ3n) is 7.21. The average molecular weight is 546 g/mol. The van der Waals surface area contributed by atoms with Gasteiger partial charge in [-0.2, -0.15) is 13.9 Å². The minimum atomic E-state index is -3.58. The highest BCUT2D eigenvalue weighted by atomic mass is 35.5. The molecule has 0 amide bonds. The van der Waals surface area contributed by atoms with Gasteiger partial charge in [-0.3, -0.25) is 0 Å². The van der Waals surface area contributed by atoms with E-state index in [0.717, 1.165) is 51.9 Å². The largest absolute Gasteiger partial charge is 0.370 e. The second kappa shape index (κ2) is 10.0. The average Bonchev–Trinajstić information content (AvgIpc) is 3.32. The first kappa shape index (κ1) is 24.9. The van der Waals surface area contributed by atoms with Gasteiger partial charge in [0.15, 0.2) is 5.65 Å². The number of piperidine rings is 1. The first-order chi connectivity index (χ1) is 18.4. The molecular weight excluding hydrogens is 518 g/mol. The molecule has 7 nitrogen and oxygen atoms in total. The number of hydrogen-bond donors (Lipinski definition) is 1. The van der Waals surface area contributed by atoms with E-state index in [0.29, 0.717) is 29.6 Å². The summed E-state index contributed by atoms with van der Waals surface area (Å²) in [5.74, 6) is 0.954. The molecule has 5 aromatic rings. The maximum atomic E-state index is 13.5. The van der Waals surface area contributed by atoms with Crippen molar-refractivity contribution >= 4 is 43.9 Å². The van der Waals surface area contributed by atoms with Crippen molar-refractivity contribution in [2.75, 3.05) is 25.0 Å². The fraction of sp³-hybridized carbons (Fsp3) is 0.241. The molecule has 194 valence electrons. The summed E-state index contributed by atoms with van der Waals surface area (Å²) in [6.07, 6.45) is 3.56. The predicted molar refractivity (Wildman–Crippen MR) is 152 cm³/mol. The molecule has 1 aliphatic rings. The Hall–Kier alpha value is -3.46. The van der Waals surface area contributed by atoms with Crippen molar-refractivity contribution in [3.63, 3.8) is 0 Å². The molecule has 0 radical (unpaired) electrons. The normalized spacial score (nSPS) is 16.7. The first-order valence-corrected chi connectivity index (χ1v) is 14.5. The molecule has 1 saturated heterocycles. The van der Waals surface area contributed by atoms with Crippen LogP contribution in [-0.4, -0.2) is 47.0 Å². The topological polar surface area (TPSA) is 79.6 Å². The number of sulfonamides is 1. The Labute approximate surface area is 227 Å². The summed E-state index contributed by atoms with van der Waals surface area (Å²) < 4.78 is 30.5. The molecule has 3 heterocycles. The van der Waals surface area contributed by atoms with Gasteiger partial charge in [-0.1, -0.05) is 60.1 Å². The summed E-state index contributed by atoms with van der Waals surface area (Å²) in [5.41, 5.74) is 3.34. The van der Waals surface area contributed by atoms with Gasteiger partial charge < -0.3 is 5.32 Å². The van der Waals surface area contributed by atoms with Crippen molar-refractivity contribution in [3.05, 3.63) is 89.6 Å². The summed E-state index contributed by atoms with van der Waals surface area (Å²) >= 11 is 6.47. The number of fused-ring (bicyclic) bond motifs is 2. The van der Waals surface area contributed by atoms with Gasteiger partial charge in [0.1, 0.15) is 5.82 Å². The van der Waals surface area contributed by atoms with Crippen LogP contribution >= 0.6 is 11.6 Å². The van der Waals surface area contributed by atoms with Gasteiger partial charge >= 0.3 is 0 Å². The van der Waals surface area contributed by atoms with Gasteiger partial charge in [0, 0.05) is 41.9 Å². The zero-order valence-corrected chi connectivity index (χ0v) is 22.6. The minimum Gasteiger partial charge on any atom is -0.370 e. The Kier molecular flexibility index (Phi) is 6.55. The monoisotopic (exact) mass is 545 g/mol. The molecule has 38 heavy (non-hydrogen) atoms. The standard InChI is InChI=1S/C29H28ClN5O2S/c1-20-17-32-35-28(16-27(33-29(20)35)25-10-4-5-11-26(25)30)31-18-21-7-6-14-34(19-21)38(36,37)24-13-12-22-8-2-3-9-23(22)15-24/h2-5,8-13,15-17,21,31H,6-7,14,18-19H2,1H3. The number of nitrogens with zero attached hydrogens (tertiary/aromatic N) is 4. The van der Waals surface area contributed by atoms with Crippen LogP contribution in [0.25, 0.3) is 27.7 Å². The van der Waals surface area contributed by atoms with Gasteiger partial charge in [-0.25, -0.2) is 13.4 Å². The Morgan fingerprint density at radius 1 is 1.03 bits per heavy atom. The van der Waals surface area contributed by atoms with Gasteiger partial charge in [-0.05, 0) is 54.7 Å². The molecule has 1 unspecified atom stereocenters. The van der Waals surface area contributed by atoms with E-state index >= 15 is 0 Å². The number of benzene rings is 3. The van der Waals surface area contributed by atoms with E-state index in [4.69, 9.17) is 16.6 Å². The fourth-order valence-corrected chi connectivity index (χ4v) is 6.97. The number of rotatable bonds is 6. The van der Waals surface area contributed by atoms with Crippen molar-refractivity contribution < 1.29 is 8.42 Å². The van der Waals surface area contributed by atoms with Crippen LogP contribution in [0.2, 0.25) is 5.02 Å². The SMILES string of the molecule is Cc1cnn2c(NCC3CCCN(S(=O)(=O)c4ccc5ccccc5c4)C3)cc(-c3ccccc3Cl)nc12. The lowest BCUT2D eigenvalue weighted by Crippen LogP contribution is -2.41. The number of halogens is 1. The lowest BCUT2D eigenvalue weighted by atomic mass is 10.00. The highest BCUT2D eigenvalue weighted by molar-refractivity contribution is 7.89. The highest BCUT2D eigenvalue weighted by Crippen LogP contribution is 2.30. The van der Waals surface area contributed by atoms with Crippen LogP contribution < -0.4 is 5.32 Å². The van der Waals surface area contributed by atoms with E-state index < -0.39 is 10.0 Å². The molecule has 3 aromatic carbocycles. The maximum absolute atomic E-state index is 13.5. The molecule has 1 fully saturated rings. The van der Waals surface area contributed by atoms with E-state index in [1.54, 1.807) is 27.2 Å². The second-order valence-electron chi connectivity index (χ2n) is 9.83. The van der Waals surface area contributed by atoms with E-state index in [2.05, 4.69) is 10.4 Å². The molecule has 0 spiro atoms. The third-order valence-corrected chi connectivity index (χ3v) is 9.40. The smallest absolute Gasteiger partial charge is 0.243 e. The number of hydrogen-bond acceptors (Lipinski definition) is 5. The quantitative estimate of drug-likeness (QED) is 0.282. The van der Waals surface area contributed by atoms with Crippen LogP contribution in [0.3, 0.4) is 0 Å². The molecule has 6 rings (SSSR count). The van der Waals surface area contributed by atoms with Crippen LogP contribution in [0.15, 0.2) is 83.9 Å². The summed E-state index contributed by atoms with van der Waals surface area (Å²) in [6, 6.07) is 22.8. The van der Waals surface area contributed by atoms with E-state index in [1.807, 2.05) is 67.6 Å². The lowest BCUT2D eigenvalue weighted by Gasteiger charge is -2.32. The molecule has 9 heteroatoms. The Morgan fingerprint density at radius 2 is 1.82 bits per heavy atom. The molecule has 2 aromatic heterocycles. The Bertz CT molecular complexity index is 1750. The molecular formula is C29H28ClN5O2S. The van der Waals surface area contributed by atoms with Crippen molar-refractivity contribution in [2.24, 2.45) is 5.92 Å². The minimum absolute atomic E-state index is 0.155. The fourth-order valence-electron chi connectivity index (χ4n) is 5.14. The molecule has 0 saturated carbocycles. The van der Waals surface area contributed by atoms with Crippen molar-refractivity contribution in [1.29, 1.82) is 0 Å². The van der Waals surface area contributed by atoms with Gasteiger partial charge in [0.2, 0.25) is 10.0 Å². The number of aromatic nitrogens is 3. The number of anilines is 1. The lowest BCUT2D eigenvalue weighted by molar-refractivity contribution is 0.275. The van der Waals surface area contributed by atoms with E-state index in [-0.39, 0.29) is 5.92 Å². The summed E-state index contributed by atoms with van der Waals surface area (Å²) in [7, 11) is -3.58. The summed E-state index contributed by atoms with van der Waals surface area (Å²) in [4.78, 5) is 5.15. The molecule has 0 aliphatic carbocycles. The number of nitrogens with one attached hydrogen (secondary N) is 1. The van der Waals surface area contributed by atoms with Crippen molar-refractivity contribution in [2.45, 2.75) is 24.7 Å². The van der Waals surface area contributed by atoms with Crippen molar-refractivity contribution in [1.82, 2.24) is 18.9 Å². The van der Waals surface area contributed by atoms with Crippen LogP contribution in [0.4, 0.5) is 5.82 Å².